The predicted octanol–water partition coefficient (Wildman–Crippen LogP) is 4.12. The normalized spacial score (nSPS) is 12.1. The molecule has 0 bridgehead atoms. The van der Waals surface area contributed by atoms with Crippen LogP contribution in [0.1, 0.15) is 27.5 Å². The molecule has 0 aliphatic carbocycles. The average Bonchev–Trinajstić information content (AvgIpc) is 3.39. The highest BCUT2D eigenvalue weighted by atomic mass is 16.1. The van der Waals surface area contributed by atoms with E-state index < -0.39 is 0 Å². The van der Waals surface area contributed by atoms with Gasteiger partial charge in [0.2, 0.25) is 0 Å². The van der Waals surface area contributed by atoms with Crippen LogP contribution < -0.4 is 10.2 Å². The lowest BCUT2D eigenvalue weighted by molar-refractivity contribution is 0.0948. The Kier molecular flexibility index (Phi) is 4.89. The lowest BCUT2D eigenvalue weighted by atomic mass is 9.90. The molecule has 0 aliphatic heterocycles. The van der Waals surface area contributed by atoms with Gasteiger partial charge < -0.3 is 20.2 Å². The molecule has 0 aliphatic rings. The average molecular weight is 372 g/mol. The molecule has 2 heterocycles. The summed E-state index contributed by atoms with van der Waals surface area (Å²) in [5.41, 5.74) is 5.17. The standard InChI is InChI=1S/C23H24N4O/c1-27(2)17-11-9-16(10-12-17)19(14-26-23(28)22-8-5-13-24-22)20-15-25-21-7-4-3-6-18(20)21/h3-13,15,19,24-25H,14H2,1-2H3,(H,26,28)/t19-/m0/s1. The van der Waals surface area contributed by atoms with Crippen LogP contribution in [-0.2, 0) is 0 Å². The van der Waals surface area contributed by atoms with Crippen LogP contribution in [-0.4, -0.2) is 36.5 Å². The number of anilines is 1. The van der Waals surface area contributed by atoms with E-state index in [4.69, 9.17) is 0 Å². The summed E-state index contributed by atoms with van der Waals surface area (Å²) in [6, 6.07) is 20.4. The van der Waals surface area contributed by atoms with Crippen LogP contribution in [0.3, 0.4) is 0 Å². The molecule has 5 heteroatoms. The summed E-state index contributed by atoms with van der Waals surface area (Å²) < 4.78 is 0. The Hall–Kier alpha value is -3.47. The van der Waals surface area contributed by atoms with Crippen LogP contribution >= 0.6 is 0 Å². The van der Waals surface area contributed by atoms with Gasteiger partial charge in [0.25, 0.3) is 5.91 Å². The fourth-order valence-corrected chi connectivity index (χ4v) is 3.56. The maximum Gasteiger partial charge on any atom is 0.267 e. The van der Waals surface area contributed by atoms with Gasteiger partial charge in [0.1, 0.15) is 5.69 Å². The molecular formula is C23H24N4O. The molecule has 5 nitrogen and oxygen atoms in total. The van der Waals surface area contributed by atoms with E-state index in [0.717, 1.165) is 11.2 Å². The molecule has 0 unspecified atom stereocenters. The number of hydrogen-bond donors (Lipinski definition) is 3. The molecule has 0 saturated heterocycles. The zero-order valence-electron chi connectivity index (χ0n) is 16.1. The monoisotopic (exact) mass is 372 g/mol. The Morgan fingerprint density at radius 2 is 1.79 bits per heavy atom. The van der Waals surface area contributed by atoms with E-state index in [-0.39, 0.29) is 11.8 Å². The number of amides is 1. The van der Waals surface area contributed by atoms with E-state index in [9.17, 15) is 4.79 Å². The molecule has 2 aromatic heterocycles. The van der Waals surface area contributed by atoms with Crippen molar-refractivity contribution in [3.63, 3.8) is 0 Å². The van der Waals surface area contributed by atoms with Crippen LogP contribution in [0.4, 0.5) is 5.69 Å². The van der Waals surface area contributed by atoms with Crippen LogP contribution in [0, 0.1) is 0 Å². The van der Waals surface area contributed by atoms with Crippen molar-refractivity contribution >= 4 is 22.5 Å². The van der Waals surface area contributed by atoms with Crippen LogP contribution in [0.5, 0.6) is 0 Å². The number of benzene rings is 2. The minimum atomic E-state index is -0.0975. The summed E-state index contributed by atoms with van der Waals surface area (Å²) in [6.07, 6.45) is 3.81. The highest BCUT2D eigenvalue weighted by Gasteiger charge is 2.20. The van der Waals surface area contributed by atoms with E-state index in [0.29, 0.717) is 12.2 Å². The summed E-state index contributed by atoms with van der Waals surface area (Å²) in [4.78, 5) is 20.9. The highest BCUT2D eigenvalue weighted by Crippen LogP contribution is 2.31. The Balaban J connectivity index is 1.67. The summed E-state index contributed by atoms with van der Waals surface area (Å²) in [5.74, 6) is -0.0500. The maximum atomic E-state index is 12.5. The van der Waals surface area contributed by atoms with Gasteiger partial charge in [-0.25, -0.2) is 0 Å². The molecule has 28 heavy (non-hydrogen) atoms. The lowest BCUT2D eigenvalue weighted by Gasteiger charge is -2.20. The SMILES string of the molecule is CN(C)c1ccc([C@H](CNC(=O)c2ccc[nH]2)c2c[nH]c3ccccc23)cc1. The second kappa shape index (κ2) is 7.64. The number of aromatic nitrogens is 2. The summed E-state index contributed by atoms with van der Waals surface area (Å²) in [7, 11) is 4.06. The third kappa shape index (κ3) is 3.51. The number of hydrogen-bond acceptors (Lipinski definition) is 2. The van der Waals surface area contributed by atoms with Gasteiger partial charge in [-0.2, -0.15) is 0 Å². The molecule has 0 spiro atoms. The number of rotatable bonds is 6. The van der Waals surface area contributed by atoms with Gasteiger partial charge in [0, 0.05) is 55.5 Å². The third-order valence-electron chi connectivity index (χ3n) is 5.12. The first-order valence-electron chi connectivity index (χ1n) is 9.38. The number of fused-ring (bicyclic) bond motifs is 1. The molecule has 1 amide bonds. The lowest BCUT2D eigenvalue weighted by Crippen LogP contribution is -2.29. The first-order chi connectivity index (χ1) is 13.6. The van der Waals surface area contributed by atoms with Crippen molar-refractivity contribution in [1.29, 1.82) is 0 Å². The van der Waals surface area contributed by atoms with Crippen LogP contribution in [0.2, 0.25) is 0 Å². The Morgan fingerprint density at radius 3 is 2.50 bits per heavy atom. The molecule has 4 aromatic rings. The Bertz CT molecular complexity index is 1060. The van der Waals surface area contributed by atoms with Gasteiger partial charge in [-0.05, 0) is 41.5 Å². The summed E-state index contributed by atoms with van der Waals surface area (Å²) in [6.45, 7) is 0.515. The van der Waals surface area contributed by atoms with Gasteiger partial charge in [-0.3, -0.25) is 4.79 Å². The highest BCUT2D eigenvalue weighted by molar-refractivity contribution is 5.92. The van der Waals surface area contributed by atoms with Crippen molar-refractivity contribution in [2.75, 3.05) is 25.5 Å². The molecule has 4 rings (SSSR count). The van der Waals surface area contributed by atoms with Gasteiger partial charge >= 0.3 is 0 Å². The fraction of sp³-hybridized carbons (Fsp3) is 0.174. The molecule has 2 aromatic carbocycles. The minimum absolute atomic E-state index is 0.0475. The molecule has 0 fully saturated rings. The Labute approximate surface area is 164 Å². The van der Waals surface area contributed by atoms with Crippen LogP contribution in [0.15, 0.2) is 73.1 Å². The molecular weight excluding hydrogens is 348 g/mol. The smallest absolute Gasteiger partial charge is 0.267 e. The quantitative estimate of drug-likeness (QED) is 0.477. The Morgan fingerprint density at radius 1 is 1.00 bits per heavy atom. The molecule has 142 valence electrons. The van der Waals surface area contributed by atoms with E-state index in [1.165, 1.54) is 16.5 Å². The number of carbonyl (C=O) groups excluding carboxylic acids is 1. The fourth-order valence-electron chi connectivity index (χ4n) is 3.56. The number of nitrogens with one attached hydrogen (secondary N) is 3. The third-order valence-corrected chi connectivity index (χ3v) is 5.12. The second-order valence-corrected chi connectivity index (χ2v) is 7.12. The van der Waals surface area contributed by atoms with Crippen molar-refractivity contribution in [3.8, 4) is 0 Å². The van der Waals surface area contributed by atoms with Crippen molar-refractivity contribution in [2.45, 2.75) is 5.92 Å². The van der Waals surface area contributed by atoms with E-state index in [1.54, 1.807) is 12.3 Å². The largest absolute Gasteiger partial charge is 0.378 e. The summed E-state index contributed by atoms with van der Waals surface area (Å²) in [5, 5.41) is 4.26. The minimum Gasteiger partial charge on any atom is -0.378 e. The van der Waals surface area contributed by atoms with E-state index in [2.05, 4.69) is 62.8 Å². The van der Waals surface area contributed by atoms with Crippen molar-refractivity contribution in [3.05, 3.63) is 89.9 Å². The first-order valence-corrected chi connectivity index (χ1v) is 9.38. The molecule has 0 radical (unpaired) electrons. The summed E-state index contributed by atoms with van der Waals surface area (Å²) >= 11 is 0. The van der Waals surface area contributed by atoms with E-state index in [1.807, 2.05) is 32.3 Å². The molecule has 1 atom stereocenters. The number of aromatic amines is 2. The van der Waals surface area contributed by atoms with Crippen LogP contribution in [0.25, 0.3) is 10.9 Å². The van der Waals surface area contributed by atoms with Gasteiger partial charge in [0.05, 0.1) is 0 Å². The van der Waals surface area contributed by atoms with Crippen molar-refractivity contribution in [2.24, 2.45) is 0 Å². The molecule has 0 saturated carbocycles. The van der Waals surface area contributed by atoms with E-state index >= 15 is 0 Å². The number of H-pyrrole nitrogens is 2. The van der Waals surface area contributed by atoms with Gasteiger partial charge in [-0.15, -0.1) is 0 Å². The maximum absolute atomic E-state index is 12.5. The first kappa shape index (κ1) is 17.9. The number of carbonyl (C=O) groups is 1. The van der Waals surface area contributed by atoms with Gasteiger partial charge in [-0.1, -0.05) is 30.3 Å². The number of nitrogens with zero attached hydrogens (tertiary/aromatic N) is 1. The predicted molar refractivity (Wildman–Crippen MR) is 114 cm³/mol. The topological polar surface area (TPSA) is 63.9 Å². The molecule has 3 N–H and O–H groups in total. The zero-order valence-corrected chi connectivity index (χ0v) is 16.1. The van der Waals surface area contributed by atoms with Crippen molar-refractivity contribution in [1.82, 2.24) is 15.3 Å². The number of para-hydroxylation sites is 1. The zero-order chi connectivity index (χ0) is 19.5. The van der Waals surface area contributed by atoms with Crippen molar-refractivity contribution < 1.29 is 4.79 Å². The second-order valence-electron chi connectivity index (χ2n) is 7.12. The van der Waals surface area contributed by atoms with Gasteiger partial charge in [0.15, 0.2) is 0 Å².